The van der Waals surface area contributed by atoms with Crippen molar-refractivity contribution in [2.24, 2.45) is 0 Å². The maximum atomic E-state index is 2.59. The fourth-order valence-corrected chi connectivity index (χ4v) is 10.1. The van der Waals surface area contributed by atoms with Gasteiger partial charge in [0.15, 0.2) is 0 Å². The van der Waals surface area contributed by atoms with Gasteiger partial charge in [0.05, 0.1) is 33.1 Å². The second-order valence-corrected chi connectivity index (χ2v) is 15.2. The highest BCUT2D eigenvalue weighted by atomic mass is 14.9. The van der Waals surface area contributed by atoms with Crippen LogP contribution in [0.4, 0.5) is 0 Å². The Labute approximate surface area is 322 Å². The minimum absolute atomic E-state index is 1.22. The second-order valence-electron chi connectivity index (χ2n) is 15.2. The third-order valence-electron chi connectivity index (χ3n) is 12.3. The zero-order valence-corrected chi connectivity index (χ0v) is 30.4. The number of hydrogen-bond donors (Lipinski definition) is 0. The molecule has 13 rings (SSSR count). The average Bonchev–Trinajstić information content (AvgIpc) is 4.00. The molecule has 0 saturated carbocycles. The van der Waals surface area contributed by atoms with Crippen LogP contribution in [-0.4, -0.2) is 8.80 Å². The van der Waals surface area contributed by atoms with Crippen molar-refractivity contribution in [1.82, 2.24) is 8.80 Å². The second kappa shape index (κ2) is 11.1. The zero-order valence-electron chi connectivity index (χ0n) is 30.4. The van der Waals surface area contributed by atoms with E-state index in [4.69, 9.17) is 0 Å². The van der Waals surface area contributed by atoms with Gasteiger partial charge in [0, 0.05) is 54.2 Å². The lowest BCUT2D eigenvalue weighted by Gasteiger charge is -2.16. The largest absolute Gasteiger partial charge is 0.307 e. The first kappa shape index (κ1) is 30.0. The number of nitrogens with zero attached hydrogens (tertiary/aromatic N) is 2. The zero-order chi connectivity index (χ0) is 36.5. The maximum absolute atomic E-state index is 2.59. The number of rotatable bonds is 4. The Morgan fingerprint density at radius 1 is 0.232 bits per heavy atom. The first-order valence-electron chi connectivity index (χ1n) is 19.4. The average molecular weight is 709 g/mol. The first-order valence-corrected chi connectivity index (χ1v) is 19.4. The molecule has 4 heterocycles. The molecule has 0 atom stereocenters. The van der Waals surface area contributed by atoms with E-state index in [0.29, 0.717) is 0 Å². The van der Waals surface area contributed by atoms with Gasteiger partial charge in [0.2, 0.25) is 0 Å². The van der Waals surface area contributed by atoms with Crippen LogP contribution in [0.3, 0.4) is 0 Å². The fourth-order valence-electron chi connectivity index (χ4n) is 10.1. The summed E-state index contributed by atoms with van der Waals surface area (Å²) in [6.45, 7) is 0. The van der Waals surface area contributed by atoms with Gasteiger partial charge in [-0.25, -0.2) is 0 Å². The molecule has 0 aliphatic heterocycles. The summed E-state index contributed by atoms with van der Waals surface area (Å²) < 4.78 is 5.19. The van der Waals surface area contributed by atoms with E-state index in [-0.39, 0.29) is 0 Å². The Hall–Kier alpha value is -7.42. The molecule has 56 heavy (non-hydrogen) atoms. The van der Waals surface area contributed by atoms with Gasteiger partial charge in [-0.2, -0.15) is 0 Å². The first-order chi connectivity index (χ1) is 27.8. The summed E-state index contributed by atoms with van der Waals surface area (Å²) in [4.78, 5) is 0. The molecule has 0 saturated heterocycles. The molecule has 0 bridgehead atoms. The Morgan fingerprint density at radius 3 is 0.982 bits per heavy atom. The monoisotopic (exact) mass is 708 g/mol. The molecule has 0 aliphatic carbocycles. The fraction of sp³-hybridized carbons (Fsp3) is 0. The van der Waals surface area contributed by atoms with E-state index >= 15 is 0 Å². The molecule has 13 aromatic rings. The van der Waals surface area contributed by atoms with Crippen molar-refractivity contribution in [2.45, 2.75) is 0 Å². The van der Waals surface area contributed by atoms with E-state index < -0.39 is 0 Å². The molecule has 0 amide bonds. The molecule has 4 aromatic heterocycles. The van der Waals surface area contributed by atoms with Crippen molar-refractivity contribution in [3.63, 3.8) is 0 Å². The van der Waals surface area contributed by atoms with Crippen LogP contribution < -0.4 is 0 Å². The molecule has 0 spiro atoms. The van der Waals surface area contributed by atoms with Crippen LogP contribution >= 0.6 is 0 Å². The van der Waals surface area contributed by atoms with Gasteiger partial charge in [-0.05, 0) is 57.6 Å². The highest BCUT2D eigenvalue weighted by molar-refractivity contribution is 6.38. The van der Waals surface area contributed by atoms with Crippen LogP contribution in [0.5, 0.6) is 0 Å². The van der Waals surface area contributed by atoms with Crippen molar-refractivity contribution < 1.29 is 0 Å². The minimum Gasteiger partial charge on any atom is -0.307 e. The summed E-state index contributed by atoms with van der Waals surface area (Å²) >= 11 is 0. The van der Waals surface area contributed by atoms with Crippen LogP contribution in [-0.2, 0) is 0 Å². The predicted molar refractivity (Wildman–Crippen MR) is 238 cm³/mol. The van der Waals surface area contributed by atoms with E-state index in [9.17, 15) is 0 Å². The summed E-state index contributed by atoms with van der Waals surface area (Å²) in [6.07, 6.45) is 0. The minimum atomic E-state index is 1.22. The highest BCUT2D eigenvalue weighted by Gasteiger charge is 2.30. The van der Waals surface area contributed by atoms with Gasteiger partial charge >= 0.3 is 0 Å². The molecule has 0 unspecified atom stereocenters. The van der Waals surface area contributed by atoms with E-state index in [1.807, 2.05) is 0 Å². The van der Waals surface area contributed by atoms with Crippen LogP contribution in [0.1, 0.15) is 0 Å². The van der Waals surface area contributed by atoms with Gasteiger partial charge in [-0.1, -0.05) is 170 Å². The molecule has 9 aromatic carbocycles. The standard InChI is InChI=1S/C54H32N2/c1-5-15-33(16-6-1)37-27-29-45-43(31-37)39-23-13-25-41-49-48(36-21-11-4-12-22-36)54-50(47(35-19-9-3-10-20-35)53(49)55(45)51(39)41)42-26-14-24-40-44-32-38(34-17-7-2-8-18-34)28-30-46(44)56(54)52(40)42/h1-32H. The summed E-state index contributed by atoms with van der Waals surface area (Å²) in [5.41, 5.74) is 17.5. The van der Waals surface area contributed by atoms with Crippen LogP contribution in [0.25, 0.3) is 121 Å². The van der Waals surface area contributed by atoms with E-state index in [1.54, 1.807) is 0 Å². The maximum Gasteiger partial charge on any atom is 0.0634 e. The third-order valence-corrected chi connectivity index (χ3v) is 12.3. The number of hydrogen-bond acceptors (Lipinski definition) is 0. The van der Waals surface area contributed by atoms with Gasteiger partial charge in [-0.3, -0.25) is 0 Å². The molecule has 0 aliphatic rings. The lowest BCUT2D eigenvalue weighted by atomic mass is 9.89. The number of para-hydroxylation sites is 2. The Morgan fingerprint density at radius 2 is 0.589 bits per heavy atom. The SMILES string of the molecule is c1ccc(-c2ccc3c(c2)c2cccc4c5c(-c6ccccc6)c6c(c(-c7ccccc7)c5n3c24)c2cccc3c4cc(-c5ccccc5)ccc4n6c32)cc1. The topological polar surface area (TPSA) is 8.82 Å². The smallest absolute Gasteiger partial charge is 0.0634 e. The summed E-state index contributed by atoms with van der Waals surface area (Å²) in [5, 5.41) is 10.3. The molecule has 258 valence electrons. The Kier molecular flexibility index (Phi) is 5.92. The highest BCUT2D eigenvalue weighted by Crippen LogP contribution is 2.54. The van der Waals surface area contributed by atoms with Gasteiger partial charge < -0.3 is 8.80 Å². The number of benzene rings is 9. The molecule has 0 radical (unpaired) electrons. The number of aromatic nitrogens is 2. The predicted octanol–water partition coefficient (Wildman–Crippen LogP) is 14.7. The summed E-state index contributed by atoms with van der Waals surface area (Å²) in [6, 6.07) is 71.7. The van der Waals surface area contributed by atoms with Crippen LogP contribution in [0.2, 0.25) is 0 Å². The normalized spacial score (nSPS) is 12.3. The van der Waals surface area contributed by atoms with Gasteiger partial charge in [-0.15, -0.1) is 0 Å². The molecule has 0 N–H and O–H groups in total. The van der Waals surface area contributed by atoms with Gasteiger partial charge in [0.25, 0.3) is 0 Å². The Balaban J connectivity index is 1.29. The molecular formula is C54H32N2. The molecule has 2 nitrogen and oxygen atoms in total. The van der Waals surface area contributed by atoms with Crippen molar-refractivity contribution in [1.29, 1.82) is 0 Å². The van der Waals surface area contributed by atoms with Crippen molar-refractivity contribution in [3.05, 3.63) is 194 Å². The van der Waals surface area contributed by atoms with E-state index in [2.05, 4.69) is 203 Å². The van der Waals surface area contributed by atoms with Gasteiger partial charge in [0.1, 0.15) is 0 Å². The van der Waals surface area contributed by atoms with E-state index in [0.717, 1.165) is 0 Å². The van der Waals surface area contributed by atoms with Crippen molar-refractivity contribution in [2.75, 3.05) is 0 Å². The van der Waals surface area contributed by atoms with Crippen molar-refractivity contribution >= 4 is 76.2 Å². The summed E-state index contributed by atoms with van der Waals surface area (Å²) in [5.74, 6) is 0. The van der Waals surface area contributed by atoms with Crippen LogP contribution in [0, 0.1) is 0 Å². The molecule has 2 heteroatoms. The van der Waals surface area contributed by atoms with Crippen molar-refractivity contribution in [3.8, 4) is 44.5 Å². The van der Waals surface area contributed by atoms with Crippen LogP contribution in [0.15, 0.2) is 194 Å². The number of fused-ring (bicyclic) bond motifs is 12. The lowest BCUT2D eigenvalue weighted by Crippen LogP contribution is -1.93. The molecule has 0 fully saturated rings. The van der Waals surface area contributed by atoms with E-state index in [1.165, 1.54) is 121 Å². The molecular weight excluding hydrogens is 677 g/mol. The lowest BCUT2D eigenvalue weighted by molar-refractivity contribution is 1.36. The Bertz CT molecular complexity index is 3410. The quantitative estimate of drug-likeness (QED) is 0.172. The summed E-state index contributed by atoms with van der Waals surface area (Å²) in [7, 11) is 0. The third kappa shape index (κ3) is 3.85.